The molecule has 32 heavy (non-hydrogen) atoms. The topological polar surface area (TPSA) is 84.3 Å². The van der Waals surface area contributed by atoms with E-state index in [-0.39, 0.29) is 16.7 Å². The Kier molecular flexibility index (Phi) is 6.60. The van der Waals surface area contributed by atoms with Crippen molar-refractivity contribution < 1.29 is 9.59 Å². The lowest BCUT2D eigenvalue weighted by atomic mass is 10.1. The van der Waals surface area contributed by atoms with Crippen molar-refractivity contribution in [2.45, 2.75) is 43.5 Å². The zero-order valence-electron chi connectivity index (χ0n) is 18.3. The molecule has 1 aliphatic rings. The number of aryl methyl sites for hydroxylation is 1. The second kappa shape index (κ2) is 9.56. The van der Waals surface area contributed by atoms with E-state index in [4.69, 9.17) is 4.98 Å². The fraction of sp³-hybridized carbons (Fsp3) is 0.333. The summed E-state index contributed by atoms with van der Waals surface area (Å²) < 4.78 is 1.79. The molecule has 2 heterocycles. The Labute approximate surface area is 190 Å². The minimum Gasteiger partial charge on any atom is -0.339 e. The molecule has 0 saturated heterocycles. The van der Waals surface area contributed by atoms with Crippen molar-refractivity contribution in [3.63, 3.8) is 0 Å². The molecule has 0 unspecified atom stereocenters. The van der Waals surface area contributed by atoms with Gasteiger partial charge in [-0.05, 0) is 54.9 Å². The van der Waals surface area contributed by atoms with Crippen LogP contribution in [0.2, 0.25) is 0 Å². The highest BCUT2D eigenvalue weighted by Gasteiger charge is 2.17. The predicted molar refractivity (Wildman–Crippen MR) is 128 cm³/mol. The standard InChI is InChI=1S/C24H26N4O3S/c1-27(2)24(31)32-20-10-7-6-9-18(20)26-22(29)16-12-13-17-19(15-16)25-21-11-5-3-4-8-14-28(21)23(17)30/h6-7,9-10,12-13,15H,3-5,8,11,14H2,1-2H3,(H,26,29). The number of hydrogen-bond acceptors (Lipinski definition) is 5. The van der Waals surface area contributed by atoms with E-state index in [2.05, 4.69) is 5.32 Å². The maximum Gasteiger partial charge on any atom is 0.286 e. The van der Waals surface area contributed by atoms with Crippen LogP contribution in [0.4, 0.5) is 10.5 Å². The largest absolute Gasteiger partial charge is 0.339 e. The number of amides is 2. The Morgan fingerprint density at radius 3 is 2.66 bits per heavy atom. The number of carbonyl (C=O) groups excluding carboxylic acids is 2. The zero-order chi connectivity index (χ0) is 22.7. The van der Waals surface area contributed by atoms with Gasteiger partial charge in [0, 0.05) is 37.5 Å². The Morgan fingerprint density at radius 1 is 1.06 bits per heavy atom. The molecule has 7 nitrogen and oxygen atoms in total. The summed E-state index contributed by atoms with van der Waals surface area (Å²) in [6.07, 6.45) is 5.03. The van der Waals surface area contributed by atoms with Crippen molar-refractivity contribution >= 4 is 39.5 Å². The van der Waals surface area contributed by atoms with Crippen molar-refractivity contribution in [3.05, 3.63) is 64.2 Å². The first-order chi connectivity index (χ1) is 15.4. The maximum atomic E-state index is 13.0. The summed E-state index contributed by atoms with van der Waals surface area (Å²) in [6.45, 7) is 0.694. The molecule has 0 radical (unpaired) electrons. The lowest BCUT2D eigenvalue weighted by molar-refractivity contribution is 0.102. The molecule has 2 aromatic carbocycles. The Morgan fingerprint density at radius 2 is 1.84 bits per heavy atom. The molecule has 0 atom stereocenters. The van der Waals surface area contributed by atoms with Crippen LogP contribution in [0.1, 0.15) is 41.9 Å². The van der Waals surface area contributed by atoms with Crippen LogP contribution in [0, 0.1) is 0 Å². The average molecular weight is 451 g/mol. The van der Waals surface area contributed by atoms with Crippen molar-refractivity contribution in [3.8, 4) is 0 Å². The monoisotopic (exact) mass is 450 g/mol. The summed E-state index contributed by atoms with van der Waals surface area (Å²) in [5.41, 5.74) is 1.48. The molecule has 1 aliphatic heterocycles. The van der Waals surface area contributed by atoms with Crippen LogP contribution in [-0.2, 0) is 13.0 Å². The van der Waals surface area contributed by atoms with E-state index in [1.54, 1.807) is 55.1 Å². The van der Waals surface area contributed by atoms with Gasteiger partial charge < -0.3 is 10.2 Å². The number of benzene rings is 2. The first-order valence-electron chi connectivity index (χ1n) is 10.8. The van der Waals surface area contributed by atoms with Crippen LogP contribution in [0.5, 0.6) is 0 Å². The first kappa shape index (κ1) is 22.1. The van der Waals surface area contributed by atoms with Crippen molar-refractivity contribution in [1.82, 2.24) is 14.5 Å². The molecule has 166 valence electrons. The van der Waals surface area contributed by atoms with E-state index in [0.717, 1.165) is 49.7 Å². The summed E-state index contributed by atoms with van der Waals surface area (Å²) in [6, 6.07) is 12.2. The van der Waals surface area contributed by atoms with Gasteiger partial charge in [-0.3, -0.25) is 19.0 Å². The number of hydrogen-bond donors (Lipinski definition) is 1. The van der Waals surface area contributed by atoms with Crippen LogP contribution < -0.4 is 10.9 Å². The van der Waals surface area contributed by atoms with E-state index in [1.165, 1.54) is 4.90 Å². The summed E-state index contributed by atoms with van der Waals surface area (Å²) in [5.74, 6) is 0.481. The van der Waals surface area contributed by atoms with Crippen LogP contribution in [0.15, 0.2) is 52.2 Å². The SMILES string of the molecule is CN(C)C(=O)Sc1ccccc1NC(=O)c1ccc2c(=O)n3c(nc2c1)CCCCCC3. The number of nitrogens with zero attached hydrogens (tertiary/aromatic N) is 3. The summed E-state index contributed by atoms with van der Waals surface area (Å²) >= 11 is 1.05. The van der Waals surface area contributed by atoms with E-state index >= 15 is 0 Å². The number of fused-ring (bicyclic) bond motifs is 2. The number of rotatable bonds is 3. The molecule has 1 N–H and O–H groups in total. The van der Waals surface area contributed by atoms with Crippen LogP contribution >= 0.6 is 11.8 Å². The van der Waals surface area contributed by atoms with Crippen LogP contribution in [0.3, 0.4) is 0 Å². The second-order valence-electron chi connectivity index (χ2n) is 8.09. The molecule has 2 amide bonds. The van der Waals surface area contributed by atoms with Gasteiger partial charge in [0.05, 0.1) is 16.6 Å². The summed E-state index contributed by atoms with van der Waals surface area (Å²) in [7, 11) is 3.37. The predicted octanol–water partition coefficient (Wildman–Crippen LogP) is 4.54. The molecule has 1 aromatic heterocycles. The molecule has 0 aliphatic carbocycles. The van der Waals surface area contributed by atoms with Gasteiger partial charge in [-0.25, -0.2) is 4.98 Å². The molecule has 0 bridgehead atoms. The fourth-order valence-electron chi connectivity index (χ4n) is 3.78. The van der Waals surface area contributed by atoms with Crippen molar-refractivity contribution in [2.24, 2.45) is 0 Å². The van der Waals surface area contributed by atoms with E-state index in [1.807, 2.05) is 6.07 Å². The van der Waals surface area contributed by atoms with Gasteiger partial charge in [0.2, 0.25) is 0 Å². The Hall–Kier alpha value is -3.13. The Bertz CT molecular complexity index is 1240. The number of nitrogens with one attached hydrogen (secondary N) is 1. The normalized spacial score (nSPS) is 13.7. The van der Waals surface area contributed by atoms with Gasteiger partial charge in [-0.2, -0.15) is 0 Å². The molecular weight excluding hydrogens is 424 g/mol. The van der Waals surface area contributed by atoms with E-state index in [9.17, 15) is 14.4 Å². The molecule has 0 spiro atoms. The lowest BCUT2D eigenvalue weighted by Gasteiger charge is -2.16. The smallest absolute Gasteiger partial charge is 0.286 e. The van der Waals surface area contributed by atoms with Gasteiger partial charge in [-0.15, -0.1) is 0 Å². The minimum absolute atomic E-state index is 0.0391. The van der Waals surface area contributed by atoms with Crippen LogP contribution in [0.25, 0.3) is 10.9 Å². The molecular formula is C24H26N4O3S. The average Bonchev–Trinajstić information content (AvgIpc) is 2.76. The third-order valence-electron chi connectivity index (χ3n) is 5.53. The van der Waals surface area contributed by atoms with Gasteiger partial charge in [0.15, 0.2) is 0 Å². The number of carbonyl (C=O) groups is 2. The maximum absolute atomic E-state index is 13.0. The molecule has 0 saturated carbocycles. The lowest BCUT2D eigenvalue weighted by Crippen LogP contribution is -2.26. The number of aromatic nitrogens is 2. The second-order valence-corrected chi connectivity index (χ2v) is 9.09. The van der Waals surface area contributed by atoms with E-state index < -0.39 is 0 Å². The zero-order valence-corrected chi connectivity index (χ0v) is 19.1. The third kappa shape index (κ3) is 4.70. The van der Waals surface area contributed by atoms with Gasteiger partial charge in [0.1, 0.15) is 5.82 Å². The molecule has 8 heteroatoms. The summed E-state index contributed by atoms with van der Waals surface area (Å²) in [4.78, 5) is 45.0. The fourth-order valence-corrected chi connectivity index (χ4v) is 4.52. The quantitative estimate of drug-likeness (QED) is 0.592. The number of anilines is 1. The van der Waals surface area contributed by atoms with Crippen molar-refractivity contribution in [2.75, 3.05) is 19.4 Å². The van der Waals surface area contributed by atoms with Gasteiger partial charge in [-0.1, -0.05) is 25.0 Å². The van der Waals surface area contributed by atoms with Gasteiger partial charge >= 0.3 is 0 Å². The molecule has 0 fully saturated rings. The Balaban J connectivity index is 1.63. The highest BCUT2D eigenvalue weighted by Crippen LogP contribution is 2.29. The van der Waals surface area contributed by atoms with Crippen molar-refractivity contribution in [1.29, 1.82) is 0 Å². The summed E-state index contributed by atoms with van der Waals surface area (Å²) in [5, 5.41) is 3.29. The van der Waals surface area contributed by atoms with E-state index in [0.29, 0.717) is 33.6 Å². The number of para-hydroxylation sites is 1. The van der Waals surface area contributed by atoms with Gasteiger partial charge in [0.25, 0.3) is 16.7 Å². The first-order valence-corrected chi connectivity index (χ1v) is 11.6. The highest BCUT2D eigenvalue weighted by molar-refractivity contribution is 8.13. The molecule has 3 aromatic rings. The number of thioether (sulfide) groups is 1. The third-order valence-corrected chi connectivity index (χ3v) is 6.64. The molecule has 4 rings (SSSR count). The van der Waals surface area contributed by atoms with Crippen LogP contribution in [-0.4, -0.2) is 39.7 Å². The minimum atomic E-state index is -0.314. The highest BCUT2D eigenvalue weighted by atomic mass is 32.2.